The maximum atomic E-state index is 4.16. The van der Waals surface area contributed by atoms with Crippen molar-refractivity contribution in [3.63, 3.8) is 0 Å². The molecule has 0 aromatic heterocycles. The predicted octanol–water partition coefficient (Wildman–Crippen LogP) is 2.46. The first-order chi connectivity index (χ1) is 7.75. The van der Waals surface area contributed by atoms with Gasteiger partial charge < -0.3 is 10.2 Å². The lowest BCUT2D eigenvalue weighted by atomic mass is 10.00. The molecule has 0 amide bonds. The lowest BCUT2D eigenvalue weighted by Gasteiger charge is -2.31. The fourth-order valence-electron chi connectivity index (χ4n) is 2.35. The van der Waals surface area contributed by atoms with E-state index in [2.05, 4.69) is 42.1 Å². The molecule has 1 N–H and O–H groups in total. The van der Waals surface area contributed by atoms with Gasteiger partial charge in [-0.2, -0.15) is 0 Å². The summed E-state index contributed by atoms with van der Waals surface area (Å²) in [6, 6.07) is 0.621. The fraction of sp³-hybridized carbons (Fsp3) is 0.571. The number of allylic oxidation sites excluding steroid dienone is 4. The highest BCUT2D eigenvalue weighted by molar-refractivity contribution is 5.33. The molecular weight excluding hydrogens is 196 g/mol. The summed E-state index contributed by atoms with van der Waals surface area (Å²) in [5.74, 6) is 0. The average molecular weight is 218 g/mol. The minimum atomic E-state index is 0.621. The molecule has 0 bridgehead atoms. The van der Waals surface area contributed by atoms with Crippen molar-refractivity contribution >= 4 is 0 Å². The van der Waals surface area contributed by atoms with Crippen LogP contribution in [-0.4, -0.2) is 31.1 Å². The van der Waals surface area contributed by atoms with E-state index in [1.165, 1.54) is 31.5 Å². The predicted molar refractivity (Wildman–Crippen MR) is 69.3 cm³/mol. The van der Waals surface area contributed by atoms with E-state index in [4.69, 9.17) is 0 Å². The highest BCUT2D eigenvalue weighted by Crippen LogP contribution is 2.19. The van der Waals surface area contributed by atoms with Gasteiger partial charge in [-0.05, 0) is 51.4 Å². The second-order valence-corrected chi connectivity index (χ2v) is 4.86. The molecule has 0 aromatic rings. The number of nitrogens with one attached hydrogen (secondary N) is 1. The molecule has 0 saturated carbocycles. The molecule has 16 heavy (non-hydrogen) atoms. The minimum Gasteiger partial charge on any atom is -0.382 e. The number of hydrogen-bond donors (Lipinski definition) is 1. The van der Waals surface area contributed by atoms with E-state index in [0.29, 0.717) is 6.04 Å². The molecule has 0 aromatic carbocycles. The number of nitrogens with zero attached hydrogens (tertiary/aromatic N) is 1. The Morgan fingerprint density at radius 1 is 1.44 bits per heavy atom. The third kappa shape index (κ3) is 2.99. The summed E-state index contributed by atoms with van der Waals surface area (Å²) in [6.45, 7) is 6.56. The molecule has 2 aliphatic rings. The summed E-state index contributed by atoms with van der Waals surface area (Å²) >= 11 is 0. The van der Waals surface area contributed by atoms with Crippen LogP contribution in [0.2, 0.25) is 0 Å². The molecule has 1 fully saturated rings. The van der Waals surface area contributed by atoms with Crippen molar-refractivity contribution < 1.29 is 0 Å². The van der Waals surface area contributed by atoms with Gasteiger partial charge in [0.2, 0.25) is 0 Å². The highest BCUT2D eigenvalue weighted by Gasteiger charge is 2.17. The zero-order valence-electron chi connectivity index (χ0n) is 10.2. The average Bonchev–Trinajstić information content (AvgIpc) is 2.33. The van der Waals surface area contributed by atoms with Gasteiger partial charge in [-0.3, -0.25) is 0 Å². The molecule has 2 nitrogen and oxygen atoms in total. The van der Waals surface area contributed by atoms with Crippen LogP contribution in [0.3, 0.4) is 0 Å². The Kier molecular flexibility index (Phi) is 3.83. The first kappa shape index (κ1) is 11.5. The van der Waals surface area contributed by atoms with Crippen LogP contribution in [0.1, 0.15) is 25.7 Å². The second kappa shape index (κ2) is 5.35. The molecule has 88 valence electrons. The van der Waals surface area contributed by atoms with Gasteiger partial charge in [0.05, 0.1) is 0 Å². The van der Waals surface area contributed by atoms with Gasteiger partial charge in [0.15, 0.2) is 0 Å². The topological polar surface area (TPSA) is 15.3 Å². The van der Waals surface area contributed by atoms with Crippen LogP contribution in [-0.2, 0) is 0 Å². The maximum absolute atomic E-state index is 4.16. The van der Waals surface area contributed by atoms with Crippen LogP contribution < -0.4 is 5.32 Å². The van der Waals surface area contributed by atoms with Crippen LogP contribution in [0, 0.1) is 0 Å². The van der Waals surface area contributed by atoms with E-state index in [1.54, 1.807) is 0 Å². The summed E-state index contributed by atoms with van der Waals surface area (Å²) in [7, 11) is 2.19. The van der Waals surface area contributed by atoms with Crippen molar-refractivity contribution in [2.24, 2.45) is 0 Å². The van der Waals surface area contributed by atoms with E-state index in [9.17, 15) is 0 Å². The Hall–Kier alpha value is -1.02. The Morgan fingerprint density at radius 3 is 2.81 bits per heavy atom. The maximum Gasteiger partial charge on any atom is 0.0301 e. The standard InChI is InChI=1S/C14H22N2/c1-12(13-6-4-3-5-7-13)15-14-8-10-16(2)11-9-14/h3-4,6,14-15H,1,5,7-11H2,2H3. The van der Waals surface area contributed by atoms with Crippen molar-refractivity contribution in [2.45, 2.75) is 31.7 Å². The Morgan fingerprint density at radius 2 is 2.19 bits per heavy atom. The van der Waals surface area contributed by atoms with Crippen LogP contribution in [0.15, 0.2) is 36.1 Å². The smallest absolute Gasteiger partial charge is 0.0301 e. The van der Waals surface area contributed by atoms with E-state index in [1.807, 2.05) is 0 Å². The second-order valence-electron chi connectivity index (χ2n) is 4.86. The molecule has 0 atom stereocenters. The van der Waals surface area contributed by atoms with E-state index < -0.39 is 0 Å². The lowest BCUT2D eigenvalue weighted by Crippen LogP contribution is -2.40. The zero-order valence-corrected chi connectivity index (χ0v) is 10.2. The number of rotatable bonds is 3. The fourth-order valence-corrected chi connectivity index (χ4v) is 2.35. The summed E-state index contributed by atoms with van der Waals surface area (Å²) in [6.07, 6.45) is 11.3. The normalized spacial score (nSPS) is 22.9. The molecule has 0 radical (unpaired) electrons. The van der Waals surface area contributed by atoms with Crippen molar-refractivity contribution in [3.8, 4) is 0 Å². The largest absolute Gasteiger partial charge is 0.382 e. The third-order valence-electron chi connectivity index (χ3n) is 3.50. The van der Waals surface area contributed by atoms with Crippen LogP contribution in [0.4, 0.5) is 0 Å². The third-order valence-corrected chi connectivity index (χ3v) is 3.50. The van der Waals surface area contributed by atoms with Gasteiger partial charge in [-0.1, -0.05) is 24.8 Å². The molecule has 1 heterocycles. The molecule has 2 heteroatoms. The zero-order chi connectivity index (χ0) is 11.4. The van der Waals surface area contributed by atoms with Gasteiger partial charge in [-0.25, -0.2) is 0 Å². The van der Waals surface area contributed by atoms with Crippen molar-refractivity contribution in [1.29, 1.82) is 0 Å². The van der Waals surface area contributed by atoms with Crippen molar-refractivity contribution in [2.75, 3.05) is 20.1 Å². The minimum absolute atomic E-state index is 0.621. The van der Waals surface area contributed by atoms with Gasteiger partial charge in [-0.15, -0.1) is 0 Å². The van der Waals surface area contributed by atoms with Crippen molar-refractivity contribution in [3.05, 3.63) is 36.1 Å². The monoisotopic (exact) mass is 218 g/mol. The molecule has 0 unspecified atom stereocenters. The van der Waals surface area contributed by atoms with Gasteiger partial charge in [0, 0.05) is 11.7 Å². The number of hydrogen-bond acceptors (Lipinski definition) is 2. The highest BCUT2D eigenvalue weighted by atomic mass is 15.1. The molecule has 1 saturated heterocycles. The van der Waals surface area contributed by atoms with Crippen LogP contribution in [0.5, 0.6) is 0 Å². The first-order valence-corrected chi connectivity index (χ1v) is 6.26. The summed E-state index contributed by atoms with van der Waals surface area (Å²) in [5, 5.41) is 3.59. The van der Waals surface area contributed by atoms with Gasteiger partial charge >= 0.3 is 0 Å². The first-order valence-electron chi connectivity index (χ1n) is 6.26. The summed E-state index contributed by atoms with van der Waals surface area (Å²) in [5.41, 5.74) is 2.51. The molecule has 1 aliphatic carbocycles. The summed E-state index contributed by atoms with van der Waals surface area (Å²) in [4.78, 5) is 2.39. The molecule has 2 rings (SSSR count). The number of piperidine rings is 1. The Labute approximate surface area is 98.7 Å². The van der Waals surface area contributed by atoms with E-state index >= 15 is 0 Å². The lowest BCUT2D eigenvalue weighted by molar-refractivity contribution is 0.242. The van der Waals surface area contributed by atoms with Crippen molar-refractivity contribution in [1.82, 2.24) is 10.2 Å². The van der Waals surface area contributed by atoms with E-state index in [-0.39, 0.29) is 0 Å². The number of likely N-dealkylation sites (tertiary alicyclic amines) is 1. The molecule has 0 spiro atoms. The quantitative estimate of drug-likeness (QED) is 0.783. The van der Waals surface area contributed by atoms with Gasteiger partial charge in [0.25, 0.3) is 0 Å². The van der Waals surface area contributed by atoms with Crippen LogP contribution in [0.25, 0.3) is 0 Å². The SMILES string of the molecule is C=C(NC1CCN(C)CC1)C1=CC=CCC1. The Bertz CT molecular complexity index is 307. The van der Waals surface area contributed by atoms with E-state index in [0.717, 1.165) is 18.5 Å². The Balaban J connectivity index is 1.83. The molecular formula is C14H22N2. The molecule has 1 aliphatic heterocycles. The summed E-state index contributed by atoms with van der Waals surface area (Å²) < 4.78 is 0. The van der Waals surface area contributed by atoms with Crippen LogP contribution >= 0.6 is 0 Å². The van der Waals surface area contributed by atoms with Gasteiger partial charge in [0.1, 0.15) is 0 Å².